The summed E-state index contributed by atoms with van der Waals surface area (Å²) in [6.45, 7) is 9.34. The van der Waals surface area contributed by atoms with E-state index in [4.69, 9.17) is 11.5 Å². The minimum Gasteiger partial charge on any atom is -0.370 e. The smallest absolute Gasteiger partial charge is 0.245 e. The molecular weight excluding hydrogens is 1110 g/mol. The molecule has 16 N–H and O–H groups in total. The zero-order valence-corrected chi connectivity index (χ0v) is 49.4. The highest BCUT2D eigenvalue weighted by Gasteiger charge is 2.37. The van der Waals surface area contributed by atoms with Gasteiger partial charge in [0.25, 0.3) is 0 Å². The number of hydrogen-bond acceptors (Lipinski definition) is 13. The van der Waals surface area contributed by atoms with Crippen LogP contribution in [0.3, 0.4) is 0 Å². The Kier molecular flexibility index (Phi) is 20.0. The van der Waals surface area contributed by atoms with Gasteiger partial charge in [0, 0.05) is 107 Å². The largest absolute Gasteiger partial charge is 0.370 e. The van der Waals surface area contributed by atoms with E-state index in [1.165, 1.54) is 13.3 Å². The van der Waals surface area contributed by atoms with E-state index < -0.39 is 108 Å². The maximum atomic E-state index is 14.4. The molecule has 8 atom stereocenters. The van der Waals surface area contributed by atoms with Crippen LogP contribution >= 0.6 is 0 Å². The Morgan fingerprint density at radius 2 is 1.33 bits per heavy atom. The Hall–Kier alpha value is -9.20. The molecule has 25 nitrogen and oxygen atoms in total. The second-order valence-corrected chi connectivity index (χ2v) is 23.6. The van der Waals surface area contributed by atoms with Gasteiger partial charge in [0.05, 0.1) is 31.0 Å². The van der Waals surface area contributed by atoms with E-state index in [0.29, 0.717) is 50.2 Å². The number of aromatic amines is 4. The number of carbonyl (C=O) groups is 9. The van der Waals surface area contributed by atoms with Crippen LogP contribution in [0.2, 0.25) is 0 Å². The summed E-state index contributed by atoms with van der Waals surface area (Å²) < 4.78 is 0. The lowest BCUT2D eigenvalue weighted by molar-refractivity contribution is -0.135. The molecule has 0 fully saturated rings. The summed E-state index contributed by atoms with van der Waals surface area (Å²) in [4.78, 5) is 142. The Morgan fingerprint density at radius 3 is 1.99 bits per heavy atom. The molecule has 0 saturated carbocycles. The first-order valence-corrected chi connectivity index (χ1v) is 29.5. The Bertz CT molecular complexity index is 3660. The highest BCUT2D eigenvalue weighted by molar-refractivity contribution is 6.01. The summed E-state index contributed by atoms with van der Waals surface area (Å²) in [5.41, 5.74) is 19.4. The average Bonchev–Trinajstić information content (AvgIpc) is 1.93. The molecule has 25 heteroatoms. The number of rotatable bonds is 27. The summed E-state index contributed by atoms with van der Waals surface area (Å²) in [5, 5.41) is 25.3. The molecule has 0 saturated heterocycles. The number of nitrogens with one attached hydrogen (secondary N) is 12. The molecule has 87 heavy (non-hydrogen) atoms. The molecule has 3 unspecified atom stereocenters. The van der Waals surface area contributed by atoms with E-state index in [1.807, 2.05) is 91.5 Å². The number of imide groups is 1. The van der Waals surface area contributed by atoms with E-state index in [9.17, 15) is 43.2 Å². The van der Waals surface area contributed by atoms with Crippen molar-refractivity contribution in [2.45, 2.75) is 141 Å². The summed E-state index contributed by atoms with van der Waals surface area (Å²) in [6, 6.07) is 15.2. The Morgan fingerprint density at radius 1 is 0.678 bits per heavy atom. The van der Waals surface area contributed by atoms with Gasteiger partial charge in [0.2, 0.25) is 53.2 Å². The van der Waals surface area contributed by atoms with Crippen molar-refractivity contribution in [1.82, 2.24) is 72.4 Å². The fourth-order valence-corrected chi connectivity index (χ4v) is 11.8. The van der Waals surface area contributed by atoms with Crippen LogP contribution in [0.5, 0.6) is 0 Å². The summed E-state index contributed by atoms with van der Waals surface area (Å²) in [7, 11) is 0. The molecule has 9 rings (SSSR count). The number of imidazole rings is 1. The van der Waals surface area contributed by atoms with Crippen molar-refractivity contribution in [2.24, 2.45) is 23.3 Å². The van der Waals surface area contributed by atoms with Gasteiger partial charge >= 0.3 is 0 Å². The average molecular weight is 1190 g/mol. The van der Waals surface area contributed by atoms with E-state index in [2.05, 4.69) is 67.5 Å². The van der Waals surface area contributed by atoms with Gasteiger partial charge in [-0.05, 0) is 79.3 Å². The van der Waals surface area contributed by atoms with Crippen molar-refractivity contribution in [3.8, 4) is 0 Å². The number of aromatic nitrogens is 5. The number of hydrogen-bond donors (Lipinski definition) is 14. The number of nitrogens with two attached hydrogens (primary N) is 2. The van der Waals surface area contributed by atoms with Gasteiger partial charge in [0.15, 0.2) is 0 Å². The fraction of sp³-hybridized carbons (Fsp3) is 0.419. The van der Waals surface area contributed by atoms with E-state index >= 15 is 0 Å². The molecule has 0 spiro atoms. The molecule has 9 amide bonds. The topological polar surface area (TPSA) is 381 Å². The summed E-state index contributed by atoms with van der Waals surface area (Å²) in [5.74, 6) is -6.60. The predicted molar refractivity (Wildman–Crippen MR) is 325 cm³/mol. The highest BCUT2D eigenvalue weighted by Crippen LogP contribution is 2.31. The second kappa shape index (κ2) is 27.9. The second-order valence-electron chi connectivity index (χ2n) is 23.6. The first-order valence-electron chi connectivity index (χ1n) is 29.5. The minimum absolute atomic E-state index is 0.0663. The number of nitrogens with zero attached hydrogens (tertiary/aromatic N) is 2. The first-order chi connectivity index (χ1) is 41.7. The number of para-hydroxylation sites is 3. The maximum absolute atomic E-state index is 14.4. The van der Waals surface area contributed by atoms with Crippen molar-refractivity contribution in [3.63, 3.8) is 0 Å². The van der Waals surface area contributed by atoms with Crippen molar-refractivity contribution >= 4 is 85.9 Å². The lowest BCUT2D eigenvalue weighted by Crippen LogP contribution is -2.60. The van der Waals surface area contributed by atoms with Crippen LogP contribution in [0, 0.1) is 11.8 Å². The van der Waals surface area contributed by atoms with Crippen molar-refractivity contribution < 1.29 is 43.2 Å². The van der Waals surface area contributed by atoms with Gasteiger partial charge in [-0.1, -0.05) is 82.3 Å². The molecule has 2 aliphatic rings. The van der Waals surface area contributed by atoms with E-state index in [-0.39, 0.29) is 37.6 Å². The van der Waals surface area contributed by atoms with Gasteiger partial charge in [-0.3, -0.25) is 58.7 Å². The molecule has 0 bridgehead atoms. The van der Waals surface area contributed by atoms with Gasteiger partial charge in [-0.2, -0.15) is 0 Å². The molecule has 4 aromatic heterocycles. The Labute approximate surface area is 502 Å². The molecule has 0 radical (unpaired) electrons. The fourth-order valence-electron chi connectivity index (χ4n) is 11.8. The molecule has 7 aromatic rings. The van der Waals surface area contributed by atoms with Gasteiger partial charge in [0.1, 0.15) is 24.2 Å². The van der Waals surface area contributed by atoms with Crippen LogP contribution in [-0.4, -0.2) is 144 Å². The molecule has 6 heterocycles. The van der Waals surface area contributed by atoms with Crippen LogP contribution < -0.4 is 54.0 Å². The van der Waals surface area contributed by atoms with Crippen LogP contribution in [0.4, 0.5) is 0 Å². The van der Waals surface area contributed by atoms with Crippen LogP contribution in [-0.2, 0) is 81.9 Å². The predicted octanol–water partition coefficient (Wildman–Crippen LogP) is 1.28. The molecule has 3 aromatic carbocycles. The van der Waals surface area contributed by atoms with Crippen molar-refractivity contribution in [1.29, 1.82) is 0 Å². The van der Waals surface area contributed by atoms with Crippen LogP contribution in [0.15, 0.2) is 91.5 Å². The molecule has 460 valence electrons. The molecule has 0 aliphatic carbocycles. The van der Waals surface area contributed by atoms with E-state index in [1.54, 1.807) is 26.2 Å². The highest BCUT2D eigenvalue weighted by atomic mass is 16.2. The van der Waals surface area contributed by atoms with E-state index in [0.717, 1.165) is 55.2 Å². The monoisotopic (exact) mass is 1190 g/mol. The Balaban J connectivity index is 0.824. The molecule has 2 aliphatic heterocycles. The van der Waals surface area contributed by atoms with Crippen molar-refractivity contribution in [2.75, 3.05) is 13.1 Å². The number of fused-ring (bicyclic) bond motifs is 7. The maximum Gasteiger partial charge on any atom is 0.245 e. The minimum atomic E-state index is -1.33. The number of primary amides is 2. The number of benzene rings is 3. The van der Waals surface area contributed by atoms with Crippen molar-refractivity contribution in [3.05, 3.63) is 125 Å². The quantitative estimate of drug-likeness (QED) is 0.0346. The molecular formula is C62H78N16O9. The SMILES string of the molecule is CC(C)CC(CN1Cc2[nH]c3ccccc3c2CC1C(N)=O)N[C@@H](Cc1cnc[nH]1)C(=O)NC(=O)CNC(=O)[C@@H](NC(=O)[C@H](C)NC(=O)[C@H](Cc1c[nH]c2ccccc12)NC(=O)[C@H](CCC(N)=O)NC(=O)C1Cc2c([nH]c3ccccc23)CN1)C(C)C. The summed E-state index contributed by atoms with van der Waals surface area (Å²) in [6.07, 6.45) is 5.70. The van der Waals surface area contributed by atoms with Gasteiger partial charge < -0.3 is 63.3 Å². The van der Waals surface area contributed by atoms with Crippen LogP contribution in [0.1, 0.15) is 87.7 Å². The normalized spacial score (nSPS) is 17.1. The zero-order valence-electron chi connectivity index (χ0n) is 49.4. The van der Waals surface area contributed by atoms with Gasteiger partial charge in [-0.25, -0.2) is 4.98 Å². The lowest BCUT2D eigenvalue weighted by atomic mass is 9.94. The number of carbonyl (C=O) groups excluding carboxylic acids is 9. The number of amides is 9. The standard InChI is InChI=1S/C62H78N16O9/c1-32(2)20-37(29-78-30-51-42(24-52(78)56(64)81)40-14-8-11-17-45(40)73-51)71-49(22-36-26-65-31-69-36)61(86)76-54(80)28-68-62(87)55(33(3)4)77-57(82)34(5)70-60(85)48(21-35-25-66-43-15-9-6-12-38(35)43)75-58(83)46(18-19-53(63)79)74-59(84)47-23-41-39-13-7-10-16-44(39)72-50(41)27-67-47/h6-17,25-26,31-34,37,46-49,52,55,66-67,71-73H,18-24,27-30H2,1-5H3,(H2,63,79)(H2,64,81)(H,65,69)(H,68,87)(H,70,85)(H,74,84)(H,75,83)(H,77,82)(H,76,80,86)/t34-,37?,46-,47?,48-,49-,52?,55-/m0/s1. The number of H-pyrrole nitrogens is 4. The van der Waals surface area contributed by atoms with Crippen LogP contribution in [0.25, 0.3) is 32.7 Å². The third-order valence-electron chi connectivity index (χ3n) is 16.3. The lowest BCUT2D eigenvalue weighted by Gasteiger charge is -2.37. The van der Waals surface area contributed by atoms with Gasteiger partial charge in [-0.15, -0.1) is 0 Å². The zero-order chi connectivity index (χ0) is 62.1. The first kappa shape index (κ1) is 62.3. The third kappa shape index (κ3) is 15.4. The summed E-state index contributed by atoms with van der Waals surface area (Å²) >= 11 is 0. The third-order valence-corrected chi connectivity index (χ3v) is 16.3.